The molecule has 30 heavy (non-hydrogen) atoms. The highest BCUT2D eigenvalue weighted by molar-refractivity contribution is 6.34. The lowest BCUT2D eigenvalue weighted by Crippen LogP contribution is -2.29. The zero-order valence-corrected chi connectivity index (χ0v) is 16.5. The van der Waals surface area contributed by atoms with Gasteiger partial charge in [0.15, 0.2) is 17.6 Å². The maximum Gasteiger partial charge on any atom is 0.331 e. The van der Waals surface area contributed by atoms with Gasteiger partial charge in [-0.15, -0.1) is 0 Å². The molecule has 0 radical (unpaired) electrons. The Bertz CT molecular complexity index is 1020. The number of esters is 1. The Labute approximate surface area is 176 Å². The minimum Gasteiger partial charge on any atom is -0.486 e. The molecule has 1 unspecified atom stereocenters. The number of benzene rings is 2. The normalized spacial score (nSPS) is 13.5. The fourth-order valence-corrected chi connectivity index (χ4v) is 2.77. The average Bonchev–Trinajstić information content (AvgIpc) is 2.73. The van der Waals surface area contributed by atoms with Gasteiger partial charge in [0.05, 0.1) is 15.6 Å². The maximum atomic E-state index is 12.2. The molecule has 0 saturated carbocycles. The van der Waals surface area contributed by atoms with E-state index in [4.69, 9.17) is 25.8 Å². The molecule has 1 amide bonds. The second-order valence-electron chi connectivity index (χ2n) is 6.23. The third kappa shape index (κ3) is 5.26. The van der Waals surface area contributed by atoms with Gasteiger partial charge in [0, 0.05) is 18.2 Å². The topological polar surface area (TPSA) is 117 Å². The molecule has 0 bridgehead atoms. The summed E-state index contributed by atoms with van der Waals surface area (Å²) in [5.41, 5.74) is 0.662. The summed E-state index contributed by atoms with van der Waals surface area (Å²) < 4.78 is 16.0. The summed E-state index contributed by atoms with van der Waals surface area (Å²) in [7, 11) is 0. The summed E-state index contributed by atoms with van der Waals surface area (Å²) in [6.45, 7) is 2.33. The molecular weight excluding hydrogens is 416 g/mol. The number of halogens is 1. The highest BCUT2D eigenvalue weighted by atomic mass is 35.5. The average molecular weight is 433 g/mol. The van der Waals surface area contributed by atoms with Crippen LogP contribution >= 0.6 is 11.6 Å². The molecule has 1 N–H and O–H groups in total. The van der Waals surface area contributed by atoms with E-state index in [0.29, 0.717) is 30.3 Å². The van der Waals surface area contributed by atoms with Crippen molar-refractivity contribution in [1.29, 1.82) is 0 Å². The SMILES string of the molecule is CC(OC(=O)/C=C/c1ccc2c(c1)OCCO2)C(=O)Nc1ccc([N+](=O)[O-])cc1Cl. The van der Waals surface area contributed by atoms with Crippen LogP contribution in [0, 0.1) is 10.1 Å². The lowest BCUT2D eigenvalue weighted by molar-refractivity contribution is -0.384. The molecule has 0 spiro atoms. The van der Waals surface area contributed by atoms with Gasteiger partial charge in [-0.3, -0.25) is 14.9 Å². The van der Waals surface area contributed by atoms with Gasteiger partial charge < -0.3 is 19.5 Å². The van der Waals surface area contributed by atoms with Gasteiger partial charge in [0.2, 0.25) is 0 Å². The van der Waals surface area contributed by atoms with Crippen molar-refractivity contribution < 1.29 is 28.7 Å². The first-order valence-electron chi connectivity index (χ1n) is 8.86. The number of nitro groups is 1. The van der Waals surface area contributed by atoms with Crippen LogP contribution in [0.5, 0.6) is 11.5 Å². The predicted molar refractivity (Wildman–Crippen MR) is 109 cm³/mol. The summed E-state index contributed by atoms with van der Waals surface area (Å²) in [5, 5.41) is 13.2. The number of amides is 1. The molecule has 10 heteroatoms. The maximum absolute atomic E-state index is 12.2. The van der Waals surface area contributed by atoms with Gasteiger partial charge in [-0.2, -0.15) is 0 Å². The summed E-state index contributed by atoms with van der Waals surface area (Å²) in [5.74, 6) is -0.130. The van der Waals surface area contributed by atoms with Crippen molar-refractivity contribution >= 4 is 40.9 Å². The van der Waals surface area contributed by atoms with E-state index >= 15 is 0 Å². The van der Waals surface area contributed by atoms with Crippen molar-refractivity contribution in [2.45, 2.75) is 13.0 Å². The molecule has 9 nitrogen and oxygen atoms in total. The highest BCUT2D eigenvalue weighted by Crippen LogP contribution is 2.31. The van der Waals surface area contributed by atoms with E-state index in [1.165, 1.54) is 31.2 Å². The number of anilines is 1. The summed E-state index contributed by atoms with van der Waals surface area (Å²) in [4.78, 5) is 34.4. The number of nitro benzene ring substituents is 1. The van der Waals surface area contributed by atoms with Gasteiger partial charge in [0.25, 0.3) is 11.6 Å². The van der Waals surface area contributed by atoms with E-state index in [-0.39, 0.29) is 16.4 Å². The number of hydrogen-bond donors (Lipinski definition) is 1. The van der Waals surface area contributed by atoms with Gasteiger partial charge in [-0.25, -0.2) is 4.79 Å². The van der Waals surface area contributed by atoms with Gasteiger partial charge in [0.1, 0.15) is 13.2 Å². The molecule has 3 rings (SSSR count). The molecule has 1 heterocycles. The van der Waals surface area contributed by atoms with E-state index in [1.807, 2.05) is 0 Å². The van der Waals surface area contributed by atoms with Crippen LogP contribution in [0.3, 0.4) is 0 Å². The number of fused-ring (bicyclic) bond motifs is 1. The highest BCUT2D eigenvalue weighted by Gasteiger charge is 2.19. The van der Waals surface area contributed by atoms with Gasteiger partial charge >= 0.3 is 5.97 Å². The van der Waals surface area contributed by atoms with Crippen LogP contribution in [0.2, 0.25) is 5.02 Å². The molecule has 0 saturated heterocycles. The van der Waals surface area contributed by atoms with Crippen LogP contribution < -0.4 is 14.8 Å². The molecule has 2 aromatic rings. The van der Waals surface area contributed by atoms with Crippen LogP contribution in [0.1, 0.15) is 12.5 Å². The molecule has 156 valence electrons. The minimum absolute atomic E-state index is 0.00502. The molecule has 0 fully saturated rings. The van der Waals surface area contributed by atoms with Crippen LogP contribution in [0.4, 0.5) is 11.4 Å². The molecule has 0 aliphatic carbocycles. The zero-order chi connectivity index (χ0) is 21.7. The first kappa shape index (κ1) is 21.1. The molecule has 2 aromatic carbocycles. The minimum atomic E-state index is -1.12. The van der Waals surface area contributed by atoms with Gasteiger partial charge in [-0.1, -0.05) is 17.7 Å². The second kappa shape index (κ2) is 9.27. The largest absolute Gasteiger partial charge is 0.486 e. The monoisotopic (exact) mass is 432 g/mol. The van der Waals surface area contributed by atoms with E-state index < -0.39 is 22.9 Å². The van der Waals surface area contributed by atoms with Gasteiger partial charge in [-0.05, 0) is 36.8 Å². The smallest absolute Gasteiger partial charge is 0.331 e. The van der Waals surface area contributed by atoms with E-state index in [9.17, 15) is 19.7 Å². The summed E-state index contributed by atoms with van der Waals surface area (Å²) in [6, 6.07) is 8.84. The van der Waals surface area contributed by atoms with E-state index in [0.717, 1.165) is 6.07 Å². The predicted octanol–water partition coefficient (Wildman–Crippen LogP) is 3.60. The Kier molecular flexibility index (Phi) is 6.53. The Morgan fingerprint density at radius 2 is 1.93 bits per heavy atom. The molecule has 1 aliphatic rings. The lowest BCUT2D eigenvalue weighted by Gasteiger charge is -2.18. The Hall–Kier alpha value is -3.59. The van der Waals surface area contributed by atoms with Crippen molar-refractivity contribution in [2.75, 3.05) is 18.5 Å². The standard InChI is InChI=1S/C20H17ClN2O7/c1-12(20(25)22-16-5-4-14(23(26)27)11-15(16)21)30-19(24)7-3-13-2-6-17-18(10-13)29-9-8-28-17/h2-7,10-12H,8-9H2,1H3,(H,22,25)/b7-3+. The fourth-order valence-electron chi connectivity index (χ4n) is 2.55. The fraction of sp³-hybridized carbons (Fsp3) is 0.200. The number of nitrogens with one attached hydrogen (secondary N) is 1. The van der Waals surface area contributed by atoms with Crippen LogP contribution in [0.15, 0.2) is 42.5 Å². The number of ether oxygens (including phenoxy) is 3. The molecule has 0 aromatic heterocycles. The first-order valence-corrected chi connectivity index (χ1v) is 9.24. The quantitative estimate of drug-likeness (QED) is 0.320. The van der Waals surface area contributed by atoms with Crippen molar-refractivity contribution in [3.05, 3.63) is 63.2 Å². The molecule has 1 aliphatic heterocycles. The van der Waals surface area contributed by atoms with E-state index in [1.54, 1.807) is 18.2 Å². The summed E-state index contributed by atoms with van der Waals surface area (Å²) >= 11 is 5.94. The first-order chi connectivity index (χ1) is 14.3. The van der Waals surface area contributed by atoms with Crippen LogP contribution in [0.25, 0.3) is 6.08 Å². The number of rotatable bonds is 6. The summed E-state index contributed by atoms with van der Waals surface area (Å²) in [6.07, 6.45) is 1.60. The number of carbonyl (C=O) groups is 2. The van der Waals surface area contributed by atoms with E-state index in [2.05, 4.69) is 5.32 Å². The Morgan fingerprint density at radius 3 is 2.63 bits per heavy atom. The van der Waals surface area contributed by atoms with Crippen molar-refractivity contribution in [2.24, 2.45) is 0 Å². The Balaban J connectivity index is 1.56. The number of non-ortho nitro benzene ring substituents is 1. The third-order valence-electron chi connectivity index (χ3n) is 4.06. The molecular formula is C20H17ClN2O7. The zero-order valence-electron chi connectivity index (χ0n) is 15.8. The number of hydrogen-bond acceptors (Lipinski definition) is 7. The van der Waals surface area contributed by atoms with Crippen LogP contribution in [-0.4, -0.2) is 36.1 Å². The van der Waals surface area contributed by atoms with Crippen molar-refractivity contribution in [3.8, 4) is 11.5 Å². The third-order valence-corrected chi connectivity index (χ3v) is 4.37. The van der Waals surface area contributed by atoms with Crippen molar-refractivity contribution in [1.82, 2.24) is 0 Å². The lowest BCUT2D eigenvalue weighted by atomic mass is 10.2. The Morgan fingerprint density at radius 1 is 1.20 bits per heavy atom. The molecule has 1 atom stereocenters. The second-order valence-corrected chi connectivity index (χ2v) is 6.63. The van der Waals surface area contributed by atoms with Crippen molar-refractivity contribution in [3.63, 3.8) is 0 Å². The van der Waals surface area contributed by atoms with Crippen LogP contribution in [-0.2, 0) is 14.3 Å². The number of carbonyl (C=O) groups excluding carboxylic acids is 2. The number of nitrogens with zero attached hydrogens (tertiary/aromatic N) is 1.